The molecule has 1 aliphatic rings. The van der Waals surface area contributed by atoms with Crippen molar-refractivity contribution in [2.24, 2.45) is 0 Å². The number of carbonyl (C=O) groups excluding carboxylic acids is 1. The molecule has 3 aromatic rings. The molecule has 1 fully saturated rings. The van der Waals surface area contributed by atoms with Gasteiger partial charge in [-0.1, -0.05) is 18.2 Å². The van der Waals surface area contributed by atoms with Crippen LogP contribution in [0, 0.1) is 0 Å². The Balaban J connectivity index is 1.16. The number of piperazine rings is 1. The maximum absolute atomic E-state index is 12.5. The van der Waals surface area contributed by atoms with Crippen LogP contribution in [0.3, 0.4) is 0 Å². The molecule has 0 unspecified atom stereocenters. The van der Waals surface area contributed by atoms with Gasteiger partial charge in [-0.15, -0.1) is 0 Å². The van der Waals surface area contributed by atoms with Gasteiger partial charge in [0.05, 0.1) is 12.8 Å². The molecule has 0 aliphatic carbocycles. The van der Waals surface area contributed by atoms with Gasteiger partial charge in [-0.3, -0.25) is 14.9 Å². The zero-order valence-corrected chi connectivity index (χ0v) is 18.1. The first-order valence-electron chi connectivity index (χ1n) is 11.0. The van der Waals surface area contributed by atoms with E-state index in [0.29, 0.717) is 25.4 Å². The van der Waals surface area contributed by atoms with Gasteiger partial charge in [0.15, 0.2) is 0 Å². The van der Waals surface area contributed by atoms with Crippen molar-refractivity contribution >= 4 is 6.09 Å². The van der Waals surface area contributed by atoms with Gasteiger partial charge in [-0.05, 0) is 47.9 Å². The molecule has 0 saturated carbocycles. The summed E-state index contributed by atoms with van der Waals surface area (Å²) in [5.74, 6) is 1.32. The average Bonchev–Trinajstić information content (AvgIpc) is 2.85. The highest BCUT2D eigenvalue weighted by Crippen LogP contribution is 2.15. The number of hydrogen-bond donors (Lipinski definition) is 0. The Kier molecular flexibility index (Phi) is 7.65. The Morgan fingerprint density at radius 3 is 2.25 bits per heavy atom. The molecule has 32 heavy (non-hydrogen) atoms. The van der Waals surface area contributed by atoms with Crippen LogP contribution < -0.4 is 9.47 Å². The molecule has 7 nitrogen and oxygen atoms in total. The molecule has 4 rings (SSSR count). The summed E-state index contributed by atoms with van der Waals surface area (Å²) < 4.78 is 11.2. The Bertz CT molecular complexity index is 959. The SMILES string of the molecule is O=C(Oc1ccc(CCOc2cccnc2)cc1)N1CCN(CCc2cccnc2)CC1. The molecular formula is C25H28N4O3. The average molecular weight is 433 g/mol. The van der Waals surface area contributed by atoms with E-state index in [1.165, 1.54) is 5.56 Å². The number of pyridine rings is 2. The van der Waals surface area contributed by atoms with Crippen molar-refractivity contribution < 1.29 is 14.3 Å². The van der Waals surface area contributed by atoms with Gasteiger partial charge in [-0.2, -0.15) is 0 Å². The van der Waals surface area contributed by atoms with Crippen molar-refractivity contribution in [3.8, 4) is 11.5 Å². The molecule has 2 aromatic heterocycles. The first-order chi connectivity index (χ1) is 15.8. The predicted octanol–water partition coefficient (Wildman–Crippen LogP) is 3.46. The zero-order valence-electron chi connectivity index (χ0n) is 18.1. The van der Waals surface area contributed by atoms with Crippen LogP contribution in [0.1, 0.15) is 11.1 Å². The molecule has 3 heterocycles. The molecule has 1 aliphatic heterocycles. The first kappa shape index (κ1) is 21.8. The van der Waals surface area contributed by atoms with Crippen molar-refractivity contribution in [3.05, 3.63) is 84.4 Å². The van der Waals surface area contributed by atoms with Crippen LogP contribution in [-0.4, -0.2) is 65.2 Å². The van der Waals surface area contributed by atoms with E-state index < -0.39 is 0 Å². The highest BCUT2D eigenvalue weighted by atomic mass is 16.6. The second-order valence-electron chi connectivity index (χ2n) is 7.74. The number of benzene rings is 1. The minimum absolute atomic E-state index is 0.287. The third-order valence-electron chi connectivity index (χ3n) is 5.49. The Morgan fingerprint density at radius 1 is 0.812 bits per heavy atom. The first-order valence-corrected chi connectivity index (χ1v) is 11.0. The monoisotopic (exact) mass is 432 g/mol. The van der Waals surface area contributed by atoms with Crippen molar-refractivity contribution in [2.45, 2.75) is 12.8 Å². The second-order valence-corrected chi connectivity index (χ2v) is 7.74. The molecule has 1 amide bonds. The zero-order chi connectivity index (χ0) is 22.0. The summed E-state index contributed by atoms with van der Waals surface area (Å²) in [5.41, 5.74) is 2.36. The summed E-state index contributed by atoms with van der Waals surface area (Å²) in [5, 5.41) is 0. The van der Waals surface area contributed by atoms with Crippen molar-refractivity contribution in [2.75, 3.05) is 39.3 Å². The van der Waals surface area contributed by atoms with Crippen LogP contribution in [-0.2, 0) is 12.8 Å². The largest absolute Gasteiger partial charge is 0.492 e. The smallest absolute Gasteiger partial charge is 0.415 e. The van der Waals surface area contributed by atoms with Gasteiger partial charge in [-0.25, -0.2) is 4.79 Å². The standard InChI is InChI=1S/C25H28N4O3/c30-25(29-16-14-28(15-17-29)13-9-22-3-1-11-26-19-22)32-23-7-5-21(6-8-23)10-18-31-24-4-2-12-27-20-24/h1-8,11-12,19-20H,9-10,13-18H2. The molecule has 166 valence electrons. The lowest BCUT2D eigenvalue weighted by molar-refractivity contribution is 0.111. The van der Waals surface area contributed by atoms with Crippen LogP contribution in [0.15, 0.2) is 73.3 Å². The van der Waals surface area contributed by atoms with Crippen LogP contribution in [0.25, 0.3) is 0 Å². The summed E-state index contributed by atoms with van der Waals surface area (Å²) >= 11 is 0. The summed E-state index contributed by atoms with van der Waals surface area (Å²) in [7, 11) is 0. The fourth-order valence-corrected chi connectivity index (χ4v) is 3.60. The van der Waals surface area contributed by atoms with Gasteiger partial charge in [0, 0.05) is 57.7 Å². The lowest BCUT2D eigenvalue weighted by atomic mass is 10.1. The number of amides is 1. The number of ether oxygens (including phenoxy) is 2. The minimum atomic E-state index is -0.287. The van der Waals surface area contributed by atoms with Gasteiger partial charge in [0.1, 0.15) is 11.5 Å². The number of rotatable bonds is 8. The van der Waals surface area contributed by atoms with E-state index in [-0.39, 0.29) is 6.09 Å². The second kappa shape index (κ2) is 11.2. The summed E-state index contributed by atoms with van der Waals surface area (Å²) in [4.78, 5) is 24.9. The number of carbonyl (C=O) groups is 1. The maximum atomic E-state index is 12.5. The highest BCUT2D eigenvalue weighted by molar-refractivity contribution is 5.70. The molecular weight excluding hydrogens is 404 g/mol. The summed E-state index contributed by atoms with van der Waals surface area (Å²) in [6.07, 6.45) is 8.57. The maximum Gasteiger partial charge on any atom is 0.415 e. The normalized spacial score (nSPS) is 14.2. The lowest BCUT2D eigenvalue weighted by Gasteiger charge is -2.34. The third-order valence-corrected chi connectivity index (χ3v) is 5.49. The predicted molar refractivity (Wildman–Crippen MR) is 122 cm³/mol. The van der Waals surface area contributed by atoms with Gasteiger partial charge < -0.3 is 14.4 Å². The van der Waals surface area contributed by atoms with Crippen LogP contribution in [0.2, 0.25) is 0 Å². The molecule has 0 bridgehead atoms. The fourth-order valence-electron chi connectivity index (χ4n) is 3.60. The third kappa shape index (κ3) is 6.52. The van der Waals surface area contributed by atoms with E-state index >= 15 is 0 Å². The van der Waals surface area contributed by atoms with E-state index in [2.05, 4.69) is 20.9 Å². The molecule has 0 N–H and O–H groups in total. The minimum Gasteiger partial charge on any atom is -0.492 e. The van der Waals surface area contributed by atoms with Gasteiger partial charge in [0.25, 0.3) is 0 Å². The molecule has 0 spiro atoms. The van der Waals surface area contributed by atoms with Gasteiger partial charge in [0.2, 0.25) is 0 Å². The number of aromatic nitrogens is 2. The number of hydrogen-bond acceptors (Lipinski definition) is 6. The van der Waals surface area contributed by atoms with Crippen molar-refractivity contribution in [3.63, 3.8) is 0 Å². The Labute approximate surface area is 188 Å². The highest BCUT2D eigenvalue weighted by Gasteiger charge is 2.22. The Hall–Kier alpha value is -3.45. The van der Waals surface area contributed by atoms with Gasteiger partial charge >= 0.3 is 6.09 Å². The molecule has 7 heteroatoms. The van der Waals surface area contributed by atoms with Crippen LogP contribution in [0.5, 0.6) is 11.5 Å². The Morgan fingerprint density at radius 2 is 1.56 bits per heavy atom. The molecule has 0 radical (unpaired) electrons. The quantitative estimate of drug-likeness (QED) is 0.543. The topological polar surface area (TPSA) is 67.8 Å². The fraction of sp³-hybridized carbons (Fsp3) is 0.320. The summed E-state index contributed by atoms with van der Waals surface area (Å²) in [6.45, 7) is 4.60. The lowest BCUT2D eigenvalue weighted by Crippen LogP contribution is -2.49. The van der Waals surface area contributed by atoms with E-state index in [1.807, 2.05) is 48.7 Å². The van der Waals surface area contributed by atoms with E-state index in [9.17, 15) is 4.79 Å². The van der Waals surface area contributed by atoms with Crippen LogP contribution in [0.4, 0.5) is 4.79 Å². The van der Waals surface area contributed by atoms with Crippen LogP contribution >= 0.6 is 0 Å². The van der Waals surface area contributed by atoms with E-state index in [1.54, 1.807) is 23.5 Å². The molecule has 1 saturated heterocycles. The van der Waals surface area contributed by atoms with Crippen molar-refractivity contribution in [1.29, 1.82) is 0 Å². The van der Waals surface area contributed by atoms with E-state index in [0.717, 1.165) is 43.8 Å². The number of nitrogens with zero attached hydrogens (tertiary/aromatic N) is 4. The van der Waals surface area contributed by atoms with E-state index in [4.69, 9.17) is 9.47 Å². The summed E-state index contributed by atoms with van der Waals surface area (Å²) in [6, 6.07) is 15.4. The van der Waals surface area contributed by atoms with Crippen molar-refractivity contribution in [1.82, 2.24) is 19.8 Å². The molecule has 0 atom stereocenters. The molecule has 1 aromatic carbocycles.